The van der Waals surface area contributed by atoms with Crippen LogP contribution in [0.15, 0.2) is 17.8 Å². The molecular weight excluding hydrogens is 341 g/mol. The molecule has 1 amide bonds. The van der Waals surface area contributed by atoms with E-state index in [0.29, 0.717) is 37.3 Å². The van der Waals surface area contributed by atoms with Crippen molar-refractivity contribution in [1.29, 1.82) is 5.26 Å². The van der Waals surface area contributed by atoms with Crippen molar-refractivity contribution in [2.75, 3.05) is 20.1 Å². The Labute approximate surface area is 149 Å². The van der Waals surface area contributed by atoms with Gasteiger partial charge in [-0.1, -0.05) is 0 Å². The Kier molecular flexibility index (Phi) is 5.16. The highest BCUT2D eigenvalue weighted by atomic mass is 32.1. The molecule has 2 aromatic rings. The molecule has 2 atom stereocenters. The van der Waals surface area contributed by atoms with Crippen LogP contribution in [0.1, 0.15) is 33.0 Å². The molecule has 0 radical (unpaired) electrons. The number of carbonyl (C=O) groups excluding carboxylic acids is 1. The van der Waals surface area contributed by atoms with Gasteiger partial charge in [0, 0.05) is 43.8 Å². The molecule has 25 heavy (non-hydrogen) atoms. The van der Waals surface area contributed by atoms with Gasteiger partial charge in [-0.15, -0.1) is 11.3 Å². The second kappa shape index (κ2) is 7.33. The third-order valence-electron chi connectivity index (χ3n) is 4.55. The molecule has 0 aliphatic carbocycles. The Morgan fingerprint density at radius 1 is 1.64 bits per heavy atom. The van der Waals surface area contributed by atoms with Crippen LogP contribution in [0, 0.1) is 18.3 Å². The summed E-state index contributed by atoms with van der Waals surface area (Å²) in [4.78, 5) is 24.3. The summed E-state index contributed by atoms with van der Waals surface area (Å²) in [6, 6.07) is 3.47. The lowest BCUT2D eigenvalue weighted by atomic mass is 10.2. The first-order valence-corrected chi connectivity index (χ1v) is 8.97. The molecule has 0 saturated carbocycles. The van der Waals surface area contributed by atoms with Gasteiger partial charge >= 0.3 is 0 Å². The Morgan fingerprint density at radius 3 is 3.08 bits per heavy atom. The van der Waals surface area contributed by atoms with Crippen molar-refractivity contribution in [3.05, 3.63) is 39.6 Å². The molecule has 0 bridgehead atoms. The molecule has 1 fully saturated rings. The summed E-state index contributed by atoms with van der Waals surface area (Å²) in [5.41, 5.74) is 3.58. The molecule has 1 aliphatic rings. The number of nitrogens with one attached hydrogen (secondary N) is 1. The number of amides is 1. The van der Waals surface area contributed by atoms with Crippen molar-refractivity contribution in [2.24, 2.45) is 0 Å². The largest absolute Gasteiger partial charge is 0.352 e. The number of nitriles is 1. The first-order valence-electron chi connectivity index (χ1n) is 8.09. The number of hydrogen-bond acceptors (Lipinski definition) is 5. The summed E-state index contributed by atoms with van der Waals surface area (Å²) in [7, 11) is 1.71. The van der Waals surface area contributed by atoms with Crippen molar-refractivity contribution in [2.45, 2.75) is 32.1 Å². The summed E-state index contributed by atoms with van der Waals surface area (Å²) in [5, 5.41) is 8.85. The van der Waals surface area contributed by atoms with Crippen molar-refractivity contribution >= 4 is 17.2 Å². The normalized spacial score (nSPS) is 20.6. The second-order valence-electron chi connectivity index (χ2n) is 6.38. The number of likely N-dealkylation sites (N-methyl/N-ethyl adjacent to an activating group) is 1. The van der Waals surface area contributed by atoms with Crippen LogP contribution in [-0.4, -0.2) is 58.0 Å². The second-order valence-corrected chi connectivity index (χ2v) is 7.32. The molecule has 132 valence electrons. The summed E-state index contributed by atoms with van der Waals surface area (Å²) in [6.45, 7) is 3.45. The lowest BCUT2D eigenvalue weighted by molar-refractivity contribution is 0.0750. The van der Waals surface area contributed by atoms with Gasteiger partial charge in [0.15, 0.2) is 0 Å². The van der Waals surface area contributed by atoms with E-state index < -0.39 is 6.17 Å². The fraction of sp³-hybridized carbons (Fsp3) is 0.471. The van der Waals surface area contributed by atoms with E-state index in [4.69, 9.17) is 5.26 Å². The van der Waals surface area contributed by atoms with Gasteiger partial charge in [-0.3, -0.25) is 9.69 Å². The Morgan fingerprint density at radius 2 is 2.44 bits per heavy atom. The van der Waals surface area contributed by atoms with Crippen LogP contribution in [0.3, 0.4) is 0 Å². The van der Waals surface area contributed by atoms with Crippen LogP contribution < -0.4 is 0 Å². The number of aromatic amines is 1. The SMILES string of the molecule is Cc1ncsc1CN1C[C@@H](F)C[C@H]1CN(C)C(=O)c1c[nH]c(C#N)c1. The Bertz CT molecular complexity index is 795. The maximum Gasteiger partial charge on any atom is 0.255 e. The number of aromatic nitrogens is 2. The molecular formula is C17H20FN5OS. The van der Waals surface area contributed by atoms with E-state index >= 15 is 0 Å². The number of nitrogens with zero attached hydrogens (tertiary/aromatic N) is 4. The summed E-state index contributed by atoms with van der Waals surface area (Å²) < 4.78 is 14.0. The van der Waals surface area contributed by atoms with Gasteiger partial charge < -0.3 is 9.88 Å². The lowest BCUT2D eigenvalue weighted by Gasteiger charge is -2.28. The highest BCUT2D eigenvalue weighted by Crippen LogP contribution is 2.26. The summed E-state index contributed by atoms with van der Waals surface area (Å²) >= 11 is 1.58. The Hall–Kier alpha value is -2.24. The number of carbonyl (C=O) groups is 1. The number of likely N-dealkylation sites (tertiary alicyclic amines) is 1. The fourth-order valence-corrected chi connectivity index (χ4v) is 3.97. The van der Waals surface area contributed by atoms with Crippen molar-refractivity contribution in [3.63, 3.8) is 0 Å². The number of rotatable bonds is 5. The third-order valence-corrected chi connectivity index (χ3v) is 5.47. The van der Waals surface area contributed by atoms with Gasteiger partial charge in [0.1, 0.15) is 17.9 Å². The maximum atomic E-state index is 14.0. The molecule has 3 heterocycles. The van der Waals surface area contributed by atoms with Gasteiger partial charge in [-0.05, 0) is 19.4 Å². The molecule has 1 N–H and O–H groups in total. The number of halogens is 1. The summed E-state index contributed by atoms with van der Waals surface area (Å²) in [6.07, 6.45) is 1.08. The molecule has 3 rings (SSSR count). The zero-order chi connectivity index (χ0) is 18.0. The molecule has 1 aliphatic heterocycles. The third kappa shape index (κ3) is 3.89. The number of aryl methyl sites for hydroxylation is 1. The van der Waals surface area contributed by atoms with E-state index in [1.165, 1.54) is 12.3 Å². The minimum Gasteiger partial charge on any atom is -0.352 e. The van der Waals surface area contributed by atoms with E-state index in [9.17, 15) is 9.18 Å². The monoisotopic (exact) mass is 361 g/mol. The average molecular weight is 361 g/mol. The molecule has 1 saturated heterocycles. The van der Waals surface area contributed by atoms with Crippen molar-refractivity contribution in [3.8, 4) is 6.07 Å². The number of thiazole rings is 1. The fourth-order valence-electron chi connectivity index (χ4n) is 3.17. The first kappa shape index (κ1) is 17.6. The first-order chi connectivity index (χ1) is 12.0. The highest BCUT2D eigenvalue weighted by molar-refractivity contribution is 7.09. The zero-order valence-electron chi connectivity index (χ0n) is 14.2. The van der Waals surface area contributed by atoms with Crippen LogP contribution in [0.2, 0.25) is 0 Å². The van der Waals surface area contributed by atoms with Gasteiger partial charge in [0.2, 0.25) is 0 Å². The minimum atomic E-state index is -0.876. The van der Waals surface area contributed by atoms with Gasteiger partial charge in [0.05, 0.1) is 16.8 Å². The van der Waals surface area contributed by atoms with E-state index in [1.54, 1.807) is 28.8 Å². The average Bonchev–Trinajstić information content (AvgIpc) is 3.29. The van der Waals surface area contributed by atoms with Gasteiger partial charge in [0.25, 0.3) is 5.91 Å². The molecule has 0 unspecified atom stereocenters. The molecule has 8 heteroatoms. The van der Waals surface area contributed by atoms with E-state index in [-0.39, 0.29) is 11.9 Å². The van der Waals surface area contributed by atoms with Crippen molar-refractivity contribution in [1.82, 2.24) is 19.8 Å². The topological polar surface area (TPSA) is 76.0 Å². The van der Waals surface area contributed by atoms with Gasteiger partial charge in [-0.2, -0.15) is 5.26 Å². The van der Waals surface area contributed by atoms with Crippen LogP contribution in [0.4, 0.5) is 4.39 Å². The molecule has 0 aromatic carbocycles. The number of alkyl halides is 1. The predicted octanol–water partition coefficient (Wildman–Crippen LogP) is 2.34. The Balaban J connectivity index is 1.66. The standard InChI is InChI=1S/C17H20FN5OS/c1-11-16(25-10-21-11)9-23-7-13(18)4-15(23)8-22(2)17(24)12-3-14(5-19)20-6-12/h3,6,10,13,15,20H,4,7-9H2,1-2H3/t13-,15-/m0/s1. The number of H-pyrrole nitrogens is 1. The smallest absolute Gasteiger partial charge is 0.255 e. The van der Waals surface area contributed by atoms with Crippen molar-refractivity contribution < 1.29 is 9.18 Å². The lowest BCUT2D eigenvalue weighted by Crippen LogP contribution is -2.40. The summed E-state index contributed by atoms with van der Waals surface area (Å²) in [5.74, 6) is -0.172. The maximum absolute atomic E-state index is 14.0. The quantitative estimate of drug-likeness (QED) is 0.887. The van der Waals surface area contributed by atoms with Crippen LogP contribution in [-0.2, 0) is 6.54 Å². The van der Waals surface area contributed by atoms with E-state index in [1.807, 2.05) is 13.0 Å². The van der Waals surface area contributed by atoms with Gasteiger partial charge in [-0.25, -0.2) is 9.37 Å². The number of hydrogen-bond donors (Lipinski definition) is 1. The minimum absolute atomic E-state index is 0.0279. The predicted molar refractivity (Wildman–Crippen MR) is 93.0 cm³/mol. The molecule has 0 spiro atoms. The zero-order valence-corrected chi connectivity index (χ0v) is 15.0. The van der Waals surface area contributed by atoms with Crippen LogP contribution in [0.5, 0.6) is 0 Å². The highest BCUT2D eigenvalue weighted by Gasteiger charge is 2.34. The molecule has 6 nitrogen and oxygen atoms in total. The molecule has 2 aromatic heterocycles. The van der Waals surface area contributed by atoms with E-state index in [2.05, 4.69) is 14.9 Å². The van der Waals surface area contributed by atoms with Crippen LogP contribution in [0.25, 0.3) is 0 Å². The van der Waals surface area contributed by atoms with Crippen LogP contribution >= 0.6 is 11.3 Å². The van der Waals surface area contributed by atoms with E-state index in [0.717, 1.165) is 10.6 Å².